The summed E-state index contributed by atoms with van der Waals surface area (Å²) in [4.78, 5) is 30.6. The number of aliphatic hydroxyl groups is 1. The van der Waals surface area contributed by atoms with Gasteiger partial charge in [0.2, 0.25) is 0 Å². The molecule has 0 aromatic heterocycles. The number of nitrogens with zero attached hydrogens (tertiary/aromatic N) is 2. The lowest BCUT2D eigenvalue weighted by atomic mass is 9.97. The van der Waals surface area contributed by atoms with E-state index in [2.05, 4.69) is 0 Å². The second-order valence-electron chi connectivity index (χ2n) is 8.38. The Morgan fingerprint density at radius 1 is 1.03 bits per heavy atom. The van der Waals surface area contributed by atoms with Crippen molar-refractivity contribution < 1.29 is 19.4 Å². The molecule has 2 aliphatic rings. The van der Waals surface area contributed by atoms with Gasteiger partial charge in [-0.25, -0.2) is 4.90 Å². The van der Waals surface area contributed by atoms with E-state index in [4.69, 9.17) is 4.74 Å². The van der Waals surface area contributed by atoms with E-state index in [1.165, 1.54) is 4.90 Å². The minimum absolute atomic E-state index is 0.0740. The van der Waals surface area contributed by atoms with E-state index < -0.39 is 0 Å². The largest absolute Gasteiger partial charge is 0.497 e. The number of rotatable bonds is 5. The number of benzene rings is 2. The lowest BCUT2D eigenvalue weighted by molar-refractivity contribution is -0.120. The van der Waals surface area contributed by atoms with E-state index in [1.807, 2.05) is 49.1 Å². The molecule has 1 saturated heterocycles. The van der Waals surface area contributed by atoms with Crippen LogP contribution in [0, 0.1) is 19.8 Å². The summed E-state index contributed by atoms with van der Waals surface area (Å²) in [5.74, 6) is 0.157. The highest BCUT2D eigenvalue weighted by Crippen LogP contribution is 2.37. The quantitative estimate of drug-likeness (QED) is 0.752. The Morgan fingerprint density at radius 3 is 2.32 bits per heavy atom. The lowest BCUT2D eigenvalue weighted by Gasteiger charge is -2.34. The molecule has 2 aromatic rings. The number of carbonyl (C=O) groups excluding carboxylic acids is 2. The number of hydrogen-bond donors (Lipinski definition) is 1. The van der Waals surface area contributed by atoms with Crippen molar-refractivity contribution in [2.45, 2.75) is 26.7 Å². The number of piperidine rings is 1. The topological polar surface area (TPSA) is 70.1 Å². The van der Waals surface area contributed by atoms with Gasteiger partial charge >= 0.3 is 0 Å². The monoisotopic (exact) mass is 420 g/mol. The Morgan fingerprint density at radius 2 is 1.71 bits per heavy atom. The molecule has 0 saturated carbocycles. The van der Waals surface area contributed by atoms with Crippen molar-refractivity contribution in [3.8, 4) is 5.75 Å². The zero-order valence-corrected chi connectivity index (χ0v) is 18.2. The first kappa shape index (κ1) is 21.1. The van der Waals surface area contributed by atoms with Crippen molar-refractivity contribution in [3.05, 3.63) is 64.9 Å². The average molecular weight is 421 g/mol. The van der Waals surface area contributed by atoms with Gasteiger partial charge in [-0.15, -0.1) is 0 Å². The summed E-state index contributed by atoms with van der Waals surface area (Å²) in [6.45, 7) is 5.23. The first-order valence-corrected chi connectivity index (χ1v) is 10.6. The van der Waals surface area contributed by atoms with Crippen LogP contribution in [0.1, 0.15) is 29.5 Å². The maximum atomic E-state index is 13.7. The fourth-order valence-corrected chi connectivity index (χ4v) is 4.56. The fraction of sp³-hybridized carbons (Fsp3) is 0.360. The molecule has 0 spiro atoms. The summed E-state index contributed by atoms with van der Waals surface area (Å²) in [5.41, 5.74) is 4.09. The van der Waals surface area contributed by atoms with Crippen LogP contribution in [0.4, 0.5) is 5.69 Å². The van der Waals surface area contributed by atoms with Crippen molar-refractivity contribution in [3.63, 3.8) is 0 Å². The van der Waals surface area contributed by atoms with E-state index in [0.29, 0.717) is 41.4 Å². The number of hydrogen-bond acceptors (Lipinski definition) is 5. The van der Waals surface area contributed by atoms with Gasteiger partial charge in [0.1, 0.15) is 11.4 Å². The molecule has 31 heavy (non-hydrogen) atoms. The molecule has 4 rings (SSSR count). The zero-order valence-electron chi connectivity index (χ0n) is 18.2. The Kier molecular flexibility index (Phi) is 5.83. The summed E-state index contributed by atoms with van der Waals surface area (Å²) in [5, 5.41) is 9.68. The van der Waals surface area contributed by atoms with Gasteiger partial charge in [-0.2, -0.15) is 0 Å². The van der Waals surface area contributed by atoms with Crippen molar-refractivity contribution in [2.24, 2.45) is 5.92 Å². The summed E-state index contributed by atoms with van der Waals surface area (Å²) in [6.07, 6.45) is 1.79. The minimum atomic E-state index is -0.318. The number of anilines is 1. The van der Waals surface area contributed by atoms with Crippen LogP contribution >= 0.6 is 0 Å². The standard InChI is InChI=1S/C25H28N2O4/c1-16-11-17(2)13-20(12-16)27-24(29)22(19-6-8-21(31-3)9-7-19)23(25(27)30)26-10-4-5-18(14-26)15-28/h6-9,11-13,18,28H,4-5,10,14-15H2,1-3H3. The van der Waals surface area contributed by atoms with Gasteiger partial charge in [-0.1, -0.05) is 18.2 Å². The highest BCUT2D eigenvalue weighted by molar-refractivity contribution is 6.45. The molecule has 1 unspecified atom stereocenters. The Bertz CT molecular complexity index is 1020. The number of ether oxygens (including phenoxy) is 1. The van der Waals surface area contributed by atoms with Crippen molar-refractivity contribution in [1.82, 2.24) is 4.90 Å². The van der Waals surface area contributed by atoms with Crippen LogP contribution in [0.15, 0.2) is 48.2 Å². The van der Waals surface area contributed by atoms with Crippen LogP contribution in [0.5, 0.6) is 5.75 Å². The predicted octanol–water partition coefficient (Wildman–Crippen LogP) is 3.30. The van der Waals surface area contributed by atoms with Gasteiger partial charge < -0.3 is 14.7 Å². The molecule has 2 aromatic carbocycles. The fourth-order valence-electron chi connectivity index (χ4n) is 4.56. The molecular weight excluding hydrogens is 392 g/mol. The molecule has 1 N–H and O–H groups in total. The summed E-state index contributed by atoms with van der Waals surface area (Å²) in [6, 6.07) is 13.0. The third kappa shape index (κ3) is 3.95. The number of aryl methyl sites for hydroxylation is 2. The molecule has 0 bridgehead atoms. The SMILES string of the molecule is COc1ccc(C2=C(N3CCCC(CO)C3)C(=O)N(c3cc(C)cc(C)c3)C2=O)cc1. The first-order chi connectivity index (χ1) is 14.9. The second kappa shape index (κ2) is 8.55. The maximum Gasteiger partial charge on any atom is 0.282 e. The highest BCUT2D eigenvalue weighted by atomic mass is 16.5. The molecule has 2 heterocycles. The third-order valence-corrected chi connectivity index (χ3v) is 6.00. The summed E-state index contributed by atoms with van der Waals surface area (Å²) in [7, 11) is 1.59. The zero-order chi connectivity index (χ0) is 22.1. The molecule has 0 aliphatic carbocycles. The van der Waals surface area contributed by atoms with Gasteiger partial charge in [0.05, 0.1) is 18.4 Å². The average Bonchev–Trinajstić information content (AvgIpc) is 3.03. The van der Waals surface area contributed by atoms with Crippen molar-refractivity contribution in [2.75, 3.05) is 31.7 Å². The molecule has 6 nitrogen and oxygen atoms in total. The summed E-state index contributed by atoms with van der Waals surface area (Å²) < 4.78 is 5.25. The molecule has 1 fully saturated rings. The third-order valence-electron chi connectivity index (χ3n) is 6.00. The van der Waals surface area contributed by atoms with Crippen LogP contribution in [0.2, 0.25) is 0 Å². The Hall–Kier alpha value is -3.12. The number of imide groups is 1. The van der Waals surface area contributed by atoms with Gasteiger partial charge in [-0.3, -0.25) is 9.59 Å². The minimum Gasteiger partial charge on any atom is -0.497 e. The number of amides is 2. The number of aliphatic hydroxyl groups excluding tert-OH is 1. The van der Waals surface area contributed by atoms with Crippen molar-refractivity contribution >= 4 is 23.1 Å². The molecule has 162 valence electrons. The maximum absolute atomic E-state index is 13.7. The van der Waals surface area contributed by atoms with E-state index in [0.717, 1.165) is 24.0 Å². The molecule has 1 atom stereocenters. The lowest BCUT2D eigenvalue weighted by Crippen LogP contribution is -2.40. The van der Waals surface area contributed by atoms with Gasteiger partial charge in [-0.05, 0) is 73.6 Å². The Balaban J connectivity index is 1.82. The second-order valence-corrected chi connectivity index (χ2v) is 8.38. The van der Waals surface area contributed by atoms with Crippen LogP contribution in [-0.4, -0.2) is 48.6 Å². The van der Waals surface area contributed by atoms with E-state index in [1.54, 1.807) is 19.2 Å². The summed E-state index contributed by atoms with van der Waals surface area (Å²) >= 11 is 0. The van der Waals surface area contributed by atoms with Crippen LogP contribution in [-0.2, 0) is 9.59 Å². The highest BCUT2D eigenvalue weighted by Gasteiger charge is 2.43. The van der Waals surface area contributed by atoms with E-state index in [-0.39, 0.29) is 24.3 Å². The Labute approximate surface area is 182 Å². The number of likely N-dealkylation sites (tertiary alicyclic amines) is 1. The molecule has 2 amide bonds. The van der Waals surface area contributed by atoms with Gasteiger partial charge in [0.25, 0.3) is 11.8 Å². The van der Waals surface area contributed by atoms with Crippen molar-refractivity contribution in [1.29, 1.82) is 0 Å². The van der Waals surface area contributed by atoms with Gasteiger partial charge in [0.15, 0.2) is 0 Å². The van der Waals surface area contributed by atoms with Crippen LogP contribution < -0.4 is 9.64 Å². The number of methoxy groups -OCH3 is 1. The van der Waals surface area contributed by atoms with Crippen LogP contribution in [0.25, 0.3) is 5.57 Å². The number of carbonyl (C=O) groups is 2. The molecule has 2 aliphatic heterocycles. The molecular formula is C25H28N2O4. The van der Waals surface area contributed by atoms with Crippen LogP contribution in [0.3, 0.4) is 0 Å². The first-order valence-electron chi connectivity index (χ1n) is 10.6. The predicted molar refractivity (Wildman–Crippen MR) is 120 cm³/mol. The van der Waals surface area contributed by atoms with E-state index in [9.17, 15) is 14.7 Å². The molecule has 0 radical (unpaired) electrons. The van der Waals surface area contributed by atoms with E-state index >= 15 is 0 Å². The molecule has 6 heteroatoms. The van der Waals surface area contributed by atoms with Gasteiger partial charge in [0, 0.05) is 19.7 Å². The smallest absolute Gasteiger partial charge is 0.282 e. The normalized spacial score (nSPS) is 19.4.